The summed E-state index contributed by atoms with van der Waals surface area (Å²) < 4.78 is 0. The first-order valence-corrected chi connectivity index (χ1v) is 4.79. The molecule has 1 aromatic carbocycles. The van der Waals surface area contributed by atoms with Crippen LogP contribution in [0.2, 0.25) is 0 Å². The van der Waals surface area contributed by atoms with Gasteiger partial charge in [0.1, 0.15) is 5.75 Å². The van der Waals surface area contributed by atoms with E-state index in [0.29, 0.717) is 5.75 Å². The van der Waals surface area contributed by atoms with Crippen LogP contribution in [-0.4, -0.2) is 10.1 Å². The molecule has 2 nitrogen and oxygen atoms in total. The van der Waals surface area contributed by atoms with Crippen LogP contribution in [-0.2, 0) is 0 Å². The molecule has 0 atom stereocenters. The number of hydrogen-bond donors (Lipinski definition) is 1. The van der Waals surface area contributed by atoms with Crippen LogP contribution in [0.5, 0.6) is 5.75 Å². The molecule has 0 amide bonds. The van der Waals surface area contributed by atoms with Crippen molar-refractivity contribution in [3.63, 3.8) is 0 Å². The molecule has 1 aromatic heterocycles. The smallest absolute Gasteiger partial charge is 0.115 e. The van der Waals surface area contributed by atoms with Gasteiger partial charge < -0.3 is 5.11 Å². The Morgan fingerprint density at radius 2 is 1.92 bits per heavy atom. The maximum absolute atomic E-state index is 9.10. The molecule has 2 rings (SSSR count). The molecule has 66 valence electrons. The van der Waals surface area contributed by atoms with Crippen molar-refractivity contribution >= 4 is 11.3 Å². The second-order valence-electron chi connectivity index (χ2n) is 2.79. The van der Waals surface area contributed by atoms with Gasteiger partial charge in [-0.05, 0) is 36.8 Å². The molecule has 0 aliphatic carbocycles. The molecular weight excluding hydrogens is 182 g/mol. The third-order valence-electron chi connectivity index (χ3n) is 1.77. The fourth-order valence-electron chi connectivity index (χ4n) is 1.12. The molecule has 0 aliphatic rings. The predicted octanol–water partition coefficient (Wildman–Crippen LogP) is 2.82. The molecule has 0 fully saturated rings. The van der Waals surface area contributed by atoms with E-state index in [1.807, 2.05) is 25.3 Å². The second-order valence-corrected chi connectivity index (χ2v) is 4.03. The molecule has 3 heteroatoms. The van der Waals surface area contributed by atoms with Crippen LogP contribution >= 0.6 is 11.3 Å². The average Bonchev–Trinajstić information content (AvgIpc) is 2.53. The van der Waals surface area contributed by atoms with Gasteiger partial charge in [0.05, 0.1) is 9.88 Å². The number of hydrogen-bond acceptors (Lipinski definition) is 3. The van der Waals surface area contributed by atoms with Crippen molar-refractivity contribution in [2.45, 2.75) is 6.92 Å². The molecule has 0 saturated carbocycles. The van der Waals surface area contributed by atoms with Gasteiger partial charge in [-0.15, -0.1) is 11.3 Å². The SMILES string of the molecule is Cc1ncc(-c2ccc(O)cc2)s1. The highest BCUT2D eigenvalue weighted by Crippen LogP contribution is 2.26. The van der Waals surface area contributed by atoms with E-state index in [4.69, 9.17) is 5.11 Å². The number of aromatic nitrogens is 1. The lowest BCUT2D eigenvalue weighted by Crippen LogP contribution is -1.70. The van der Waals surface area contributed by atoms with Gasteiger partial charge in [0.15, 0.2) is 0 Å². The first kappa shape index (κ1) is 8.26. The summed E-state index contributed by atoms with van der Waals surface area (Å²) in [6.07, 6.45) is 1.85. The van der Waals surface area contributed by atoms with Crippen LogP contribution in [0.3, 0.4) is 0 Å². The molecular formula is C10H9NOS. The minimum atomic E-state index is 0.296. The van der Waals surface area contributed by atoms with E-state index in [9.17, 15) is 0 Å². The van der Waals surface area contributed by atoms with Gasteiger partial charge in [-0.2, -0.15) is 0 Å². The molecule has 1 N–H and O–H groups in total. The summed E-state index contributed by atoms with van der Waals surface area (Å²) in [4.78, 5) is 5.31. The number of phenolic OH excluding ortho intramolecular Hbond substituents is 1. The molecule has 0 unspecified atom stereocenters. The van der Waals surface area contributed by atoms with Crippen LogP contribution in [0.4, 0.5) is 0 Å². The summed E-state index contributed by atoms with van der Waals surface area (Å²) in [6.45, 7) is 1.98. The van der Waals surface area contributed by atoms with Crippen molar-refractivity contribution in [1.82, 2.24) is 4.98 Å². The Hall–Kier alpha value is -1.35. The van der Waals surface area contributed by atoms with Gasteiger partial charge in [-0.25, -0.2) is 4.98 Å². The minimum absolute atomic E-state index is 0.296. The predicted molar refractivity (Wildman–Crippen MR) is 54.0 cm³/mol. The third kappa shape index (κ3) is 1.70. The van der Waals surface area contributed by atoms with Crippen LogP contribution in [0.1, 0.15) is 5.01 Å². The second kappa shape index (κ2) is 3.18. The van der Waals surface area contributed by atoms with Crippen molar-refractivity contribution in [2.75, 3.05) is 0 Å². The normalized spacial score (nSPS) is 10.2. The van der Waals surface area contributed by atoms with Crippen molar-refractivity contribution < 1.29 is 5.11 Å². The average molecular weight is 191 g/mol. The van der Waals surface area contributed by atoms with Crippen LogP contribution in [0, 0.1) is 6.92 Å². The fourth-order valence-corrected chi connectivity index (χ4v) is 1.90. The van der Waals surface area contributed by atoms with E-state index in [1.54, 1.807) is 23.5 Å². The Balaban J connectivity index is 2.41. The highest BCUT2D eigenvalue weighted by Gasteiger charge is 2.00. The van der Waals surface area contributed by atoms with E-state index in [-0.39, 0.29) is 0 Å². The number of thiazole rings is 1. The van der Waals surface area contributed by atoms with Crippen molar-refractivity contribution in [2.24, 2.45) is 0 Å². The molecule has 0 saturated heterocycles. The van der Waals surface area contributed by atoms with Crippen LogP contribution in [0.15, 0.2) is 30.5 Å². The Morgan fingerprint density at radius 1 is 1.23 bits per heavy atom. The Bertz CT molecular complexity index is 405. The molecule has 13 heavy (non-hydrogen) atoms. The van der Waals surface area contributed by atoms with Crippen molar-refractivity contribution in [3.8, 4) is 16.2 Å². The Morgan fingerprint density at radius 3 is 2.46 bits per heavy atom. The topological polar surface area (TPSA) is 33.1 Å². The number of nitrogens with zero attached hydrogens (tertiary/aromatic N) is 1. The fraction of sp³-hybridized carbons (Fsp3) is 0.100. The monoisotopic (exact) mass is 191 g/mol. The summed E-state index contributed by atoms with van der Waals surface area (Å²) in [5.41, 5.74) is 1.10. The highest BCUT2D eigenvalue weighted by atomic mass is 32.1. The zero-order valence-corrected chi connectivity index (χ0v) is 8.01. The number of benzene rings is 1. The van der Waals surface area contributed by atoms with E-state index >= 15 is 0 Å². The molecule has 1 heterocycles. The summed E-state index contributed by atoms with van der Waals surface area (Å²) >= 11 is 1.65. The molecule has 0 aliphatic heterocycles. The van der Waals surface area contributed by atoms with E-state index < -0.39 is 0 Å². The first-order chi connectivity index (χ1) is 6.25. The molecule has 0 spiro atoms. The maximum Gasteiger partial charge on any atom is 0.115 e. The quantitative estimate of drug-likeness (QED) is 0.751. The van der Waals surface area contributed by atoms with Gasteiger partial charge >= 0.3 is 0 Å². The minimum Gasteiger partial charge on any atom is -0.508 e. The largest absolute Gasteiger partial charge is 0.508 e. The number of phenols is 1. The van der Waals surface area contributed by atoms with Crippen molar-refractivity contribution in [3.05, 3.63) is 35.5 Å². The summed E-state index contributed by atoms with van der Waals surface area (Å²) in [5.74, 6) is 0.296. The van der Waals surface area contributed by atoms with Gasteiger partial charge in [0.2, 0.25) is 0 Å². The third-order valence-corrected chi connectivity index (χ3v) is 2.73. The lowest BCUT2D eigenvalue weighted by molar-refractivity contribution is 0.475. The van der Waals surface area contributed by atoms with E-state index in [1.165, 1.54) is 0 Å². The number of aryl methyl sites for hydroxylation is 1. The zero-order valence-electron chi connectivity index (χ0n) is 7.19. The summed E-state index contributed by atoms with van der Waals surface area (Å²) in [5, 5.41) is 10.2. The number of aromatic hydroxyl groups is 1. The van der Waals surface area contributed by atoms with Gasteiger partial charge in [0, 0.05) is 6.20 Å². The molecule has 2 aromatic rings. The van der Waals surface area contributed by atoms with Gasteiger partial charge in [-0.3, -0.25) is 0 Å². The van der Waals surface area contributed by atoms with Crippen LogP contribution in [0.25, 0.3) is 10.4 Å². The van der Waals surface area contributed by atoms with Gasteiger partial charge in [0.25, 0.3) is 0 Å². The summed E-state index contributed by atoms with van der Waals surface area (Å²) in [7, 11) is 0. The zero-order chi connectivity index (χ0) is 9.26. The lowest BCUT2D eigenvalue weighted by atomic mass is 10.2. The van der Waals surface area contributed by atoms with E-state index in [2.05, 4.69) is 4.98 Å². The van der Waals surface area contributed by atoms with Crippen molar-refractivity contribution in [1.29, 1.82) is 0 Å². The highest BCUT2D eigenvalue weighted by molar-refractivity contribution is 7.15. The first-order valence-electron chi connectivity index (χ1n) is 3.97. The Kier molecular flexibility index (Phi) is 2.02. The molecule has 0 bridgehead atoms. The van der Waals surface area contributed by atoms with Gasteiger partial charge in [-0.1, -0.05) is 0 Å². The lowest BCUT2D eigenvalue weighted by Gasteiger charge is -1.95. The number of rotatable bonds is 1. The summed E-state index contributed by atoms with van der Waals surface area (Å²) in [6, 6.07) is 7.15. The molecule has 0 radical (unpaired) electrons. The maximum atomic E-state index is 9.10. The van der Waals surface area contributed by atoms with E-state index in [0.717, 1.165) is 15.4 Å². The standard InChI is InChI=1S/C10H9NOS/c1-7-11-6-10(13-7)8-2-4-9(12)5-3-8/h2-6,12H,1H3. The van der Waals surface area contributed by atoms with Crippen LogP contribution < -0.4 is 0 Å². The Labute approximate surface area is 80.5 Å².